The van der Waals surface area contributed by atoms with E-state index in [1.165, 1.54) is 6.08 Å². The minimum absolute atomic E-state index is 0.107. The molecule has 0 aromatic heterocycles. The van der Waals surface area contributed by atoms with Crippen LogP contribution in [-0.2, 0) is 14.3 Å². The number of hydrogen-bond acceptors (Lipinski definition) is 5. The highest BCUT2D eigenvalue weighted by Crippen LogP contribution is 2.28. The molecule has 7 nitrogen and oxygen atoms in total. The maximum absolute atomic E-state index is 12.3. The predicted molar refractivity (Wildman–Crippen MR) is 96.4 cm³/mol. The van der Waals surface area contributed by atoms with Crippen molar-refractivity contribution in [3.8, 4) is 11.5 Å². The highest BCUT2D eigenvalue weighted by Gasteiger charge is 2.24. The van der Waals surface area contributed by atoms with E-state index in [0.29, 0.717) is 31.3 Å². The van der Waals surface area contributed by atoms with Crippen molar-refractivity contribution in [1.82, 2.24) is 4.90 Å². The average Bonchev–Trinajstić information content (AvgIpc) is 2.64. The summed E-state index contributed by atoms with van der Waals surface area (Å²) in [7, 11) is 1.57. The first-order valence-electron chi connectivity index (χ1n) is 8.64. The Morgan fingerprint density at radius 2 is 2.19 bits per heavy atom. The van der Waals surface area contributed by atoms with Crippen LogP contribution in [-0.4, -0.2) is 61.4 Å². The summed E-state index contributed by atoms with van der Waals surface area (Å²) in [5, 5.41) is 8.85. The SMILES string of the molecule is CCCOc1ccc(/C=C/C(=O)N2CCOC(CC(=O)O)C2)cc1OC. The molecular weight excluding hydrogens is 338 g/mol. The number of amides is 1. The molecule has 0 radical (unpaired) electrons. The molecule has 1 heterocycles. The number of carboxylic acid groups (broad SMARTS) is 1. The van der Waals surface area contributed by atoms with Crippen molar-refractivity contribution in [3.05, 3.63) is 29.8 Å². The monoisotopic (exact) mass is 363 g/mol. The molecule has 1 aromatic rings. The van der Waals surface area contributed by atoms with Crippen molar-refractivity contribution in [2.75, 3.05) is 33.4 Å². The third-order valence-electron chi connectivity index (χ3n) is 3.92. The molecule has 0 saturated carbocycles. The maximum atomic E-state index is 12.3. The fourth-order valence-corrected chi connectivity index (χ4v) is 2.63. The van der Waals surface area contributed by atoms with Gasteiger partial charge in [-0.3, -0.25) is 9.59 Å². The zero-order valence-electron chi connectivity index (χ0n) is 15.1. The number of nitrogens with zero attached hydrogens (tertiary/aromatic N) is 1. The van der Waals surface area contributed by atoms with Gasteiger partial charge < -0.3 is 24.2 Å². The van der Waals surface area contributed by atoms with Crippen LogP contribution >= 0.6 is 0 Å². The molecule has 1 amide bonds. The van der Waals surface area contributed by atoms with E-state index >= 15 is 0 Å². The molecule has 1 N–H and O–H groups in total. The Labute approximate surface area is 153 Å². The first-order valence-corrected chi connectivity index (χ1v) is 8.64. The Hall–Kier alpha value is -2.54. The van der Waals surface area contributed by atoms with Gasteiger partial charge in [0, 0.05) is 19.2 Å². The minimum atomic E-state index is -0.933. The largest absolute Gasteiger partial charge is 0.493 e. The molecular formula is C19H25NO6. The van der Waals surface area contributed by atoms with E-state index in [4.69, 9.17) is 19.3 Å². The maximum Gasteiger partial charge on any atom is 0.306 e. The topological polar surface area (TPSA) is 85.3 Å². The molecule has 1 aromatic carbocycles. The molecule has 1 fully saturated rings. The third kappa shape index (κ3) is 5.77. The first-order chi connectivity index (χ1) is 12.5. The zero-order chi connectivity index (χ0) is 18.9. The van der Waals surface area contributed by atoms with E-state index < -0.39 is 12.1 Å². The molecule has 142 valence electrons. The van der Waals surface area contributed by atoms with Crippen molar-refractivity contribution in [1.29, 1.82) is 0 Å². The second kappa shape index (κ2) is 9.82. The van der Waals surface area contributed by atoms with E-state index in [9.17, 15) is 9.59 Å². The Balaban J connectivity index is 1.99. The van der Waals surface area contributed by atoms with Crippen LogP contribution in [0.2, 0.25) is 0 Å². The summed E-state index contributed by atoms with van der Waals surface area (Å²) in [5.74, 6) is 0.176. The van der Waals surface area contributed by atoms with Gasteiger partial charge in [-0.25, -0.2) is 0 Å². The van der Waals surface area contributed by atoms with Gasteiger partial charge in [-0.05, 0) is 30.2 Å². The van der Waals surface area contributed by atoms with Crippen LogP contribution in [0, 0.1) is 0 Å². The van der Waals surface area contributed by atoms with Gasteiger partial charge in [0.2, 0.25) is 5.91 Å². The molecule has 2 rings (SSSR count). The highest BCUT2D eigenvalue weighted by atomic mass is 16.5. The van der Waals surface area contributed by atoms with Crippen molar-refractivity contribution in [2.45, 2.75) is 25.9 Å². The molecule has 1 saturated heterocycles. The summed E-state index contributed by atoms with van der Waals surface area (Å²) >= 11 is 0. The molecule has 26 heavy (non-hydrogen) atoms. The van der Waals surface area contributed by atoms with E-state index in [0.717, 1.165) is 12.0 Å². The molecule has 7 heteroatoms. The van der Waals surface area contributed by atoms with Crippen LogP contribution in [0.4, 0.5) is 0 Å². The lowest BCUT2D eigenvalue weighted by Crippen LogP contribution is -2.45. The molecule has 1 aliphatic heterocycles. The second-order valence-corrected chi connectivity index (χ2v) is 5.97. The smallest absolute Gasteiger partial charge is 0.306 e. The number of benzene rings is 1. The Morgan fingerprint density at radius 1 is 1.38 bits per heavy atom. The molecule has 1 atom stereocenters. The number of morpholine rings is 1. The highest BCUT2D eigenvalue weighted by molar-refractivity contribution is 5.92. The Kier molecular flexibility index (Phi) is 7.47. The van der Waals surface area contributed by atoms with Gasteiger partial charge in [0.1, 0.15) is 0 Å². The number of methoxy groups -OCH3 is 1. The van der Waals surface area contributed by atoms with E-state index in [2.05, 4.69) is 0 Å². The molecule has 1 aliphatic rings. The summed E-state index contributed by atoms with van der Waals surface area (Å²) in [6, 6.07) is 5.47. The van der Waals surface area contributed by atoms with Crippen molar-refractivity contribution < 1.29 is 28.9 Å². The summed E-state index contributed by atoms with van der Waals surface area (Å²) < 4.78 is 16.3. The molecule has 0 bridgehead atoms. The van der Waals surface area contributed by atoms with Gasteiger partial charge in [0.05, 0.1) is 32.8 Å². The van der Waals surface area contributed by atoms with Crippen LogP contribution < -0.4 is 9.47 Å². The number of aliphatic carboxylic acids is 1. The van der Waals surface area contributed by atoms with Gasteiger partial charge in [-0.1, -0.05) is 13.0 Å². The fraction of sp³-hybridized carbons (Fsp3) is 0.474. The quantitative estimate of drug-likeness (QED) is 0.713. The number of ether oxygens (including phenoxy) is 3. The number of rotatable bonds is 8. The predicted octanol–water partition coefficient (Wildman–Crippen LogP) is 2.20. The normalized spacial score (nSPS) is 17.3. The van der Waals surface area contributed by atoms with Gasteiger partial charge in [0.15, 0.2) is 11.5 Å². The summed E-state index contributed by atoms with van der Waals surface area (Å²) in [4.78, 5) is 24.7. The van der Waals surface area contributed by atoms with Crippen LogP contribution in [0.1, 0.15) is 25.3 Å². The molecule has 0 aliphatic carbocycles. The molecule has 0 spiro atoms. The lowest BCUT2D eigenvalue weighted by molar-refractivity contribution is -0.145. The van der Waals surface area contributed by atoms with Gasteiger partial charge in [-0.2, -0.15) is 0 Å². The summed E-state index contributed by atoms with van der Waals surface area (Å²) in [6.45, 7) is 3.71. The van der Waals surface area contributed by atoms with Gasteiger partial charge >= 0.3 is 5.97 Å². The average molecular weight is 363 g/mol. The van der Waals surface area contributed by atoms with Crippen molar-refractivity contribution in [2.24, 2.45) is 0 Å². The Morgan fingerprint density at radius 3 is 2.88 bits per heavy atom. The lowest BCUT2D eigenvalue weighted by Gasteiger charge is -2.31. The number of carboxylic acids is 1. The van der Waals surface area contributed by atoms with Crippen molar-refractivity contribution >= 4 is 18.0 Å². The number of hydrogen-bond donors (Lipinski definition) is 1. The van der Waals surface area contributed by atoms with E-state index in [-0.39, 0.29) is 18.9 Å². The van der Waals surface area contributed by atoms with Crippen LogP contribution in [0.25, 0.3) is 6.08 Å². The van der Waals surface area contributed by atoms with E-state index in [1.807, 2.05) is 19.1 Å². The van der Waals surface area contributed by atoms with Crippen molar-refractivity contribution in [3.63, 3.8) is 0 Å². The van der Waals surface area contributed by atoms with Crippen LogP contribution in [0.5, 0.6) is 11.5 Å². The summed E-state index contributed by atoms with van der Waals surface area (Å²) in [5.41, 5.74) is 0.814. The molecule has 1 unspecified atom stereocenters. The number of carbonyl (C=O) groups is 2. The zero-order valence-corrected chi connectivity index (χ0v) is 15.1. The third-order valence-corrected chi connectivity index (χ3v) is 3.92. The van der Waals surface area contributed by atoms with E-state index in [1.54, 1.807) is 24.2 Å². The summed E-state index contributed by atoms with van der Waals surface area (Å²) in [6.07, 6.45) is 3.51. The Bertz CT molecular complexity index is 657. The first kappa shape index (κ1) is 19.8. The van der Waals surface area contributed by atoms with Crippen LogP contribution in [0.15, 0.2) is 24.3 Å². The minimum Gasteiger partial charge on any atom is -0.493 e. The number of carbonyl (C=O) groups excluding carboxylic acids is 1. The standard InChI is InChI=1S/C19H25NO6/c1-3-9-26-16-6-4-14(11-17(16)24-2)5-7-18(21)20-8-10-25-15(13-20)12-19(22)23/h4-7,11,15H,3,8-10,12-13H2,1-2H3,(H,22,23)/b7-5+. The van der Waals surface area contributed by atoms with Crippen LogP contribution in [0.3, 0.4) is 0 Å². The lowest BCUT2D eigenvalue weighted by atomic mass is 10.1. The van der Waals surface area contributed by atoms with Gasteiger partial charge in [-0.15, -0.1) is 0 Å². The van der Waals surface area contributed by atoms with Gasteiger partial charge in [0.25, 0.3) is 0 Å². The second-order valence-electron chi connectivity index (χ2n) is 5.97. The fourth-order valence-electron chi connectivity index (χ4n) is 2.63.